The second-order valence-corrected chi connectivity index (χ2v) is 4.09. The first-order valence-electron chi connectivity index (χ1n) is 5.68. The summed E-state index contributed by atoms with van der Waals surface area (Å²) in [6, 6.07) is 6.71. The van der Waals surface area contributed by atoms with Crippen LogP contribution in [0.3, 0.4) is 0 Å². The lowest BCUT2D eigenvalue weighted by atomic mass is 10.00. The Kier molecular flexibility index (Phi) is 3.74. The van der Waals surface area contributed by atoms with Crippen LogP contribution in [0.1, 0.15) is 21.5 Å². The van der Waals surface area contributed by atoms with Gasteiger partial charge in [0.1, 0.15) is 5.75 Å². The summed E-state index contributed by atoms with van der Waals surface area (Å²) in [4.78, 5) is 16.0. The van der Waals surface area contributed by atoms with E-state index in [1.807, 2.05) is 0 Å². The highest BCUT2D eigenvalue weighted by Crippen LogP contribution is 2.25. The Morgan fingerprint density at radius 1 is 1.15 bits per heavy atom. The van der Waals surface area contributed by atoms with Gasteiger partial charge in [-0.3, -0.25) is 9.78 Å². The summed E-state index contributed by atoms with van der Waals surface area (Å²) < 4.78 is 40.1. The number of alkyl halides is 3. The van der Waals surface area contributed by atoms with Gasteiger partial charge in [0.2, 0.25) is 0 Å². The second-order valence-electron chi connectivity index (χ2n) is 4.09. The zero-order valence-corrected chi connectivity index (χ0v) is 10.4. The van der Waals surface area contributed by atoms with Crippen molar-refractivity contribution in [1.29, 1.82) is 0 Å². The van der Waals surface area contributed by atoms with E-state index in [4.69, 9.17) is 0 Å². The van der Waals surface area contributed by atoms with Crippen molar-refractivity contribution in [2.45, 2.75) is 13.3 Å². The van der Waals surface area contributed by atoms with Gasteiger partial charge in [-0.05, 0) is 42.8 Å². The molecule has 0 saturated carbocycles. The number of pyridine rings is 1. The summed E-state index contributed by atoms with van der Waals surface area (Å²) in [6.45, 7) is 1.55. The van der Waals surface area contributed by atoms with Crippen LogP contribution in [0.15, 0.2) is 42.7 Å². The van der Waals surface area contributed by atoms with Gasteiger partial charge in [-0.25, -0.2) is 0 Å². The highest BCUT2D eigenvalue weighted by molar-refractivity contribution is 6.09. The number of nitrogens with zero attached hydrogens (tertiary/aromatic N) is 1. The summed E-state index contributed by atoms with van der Waals surface area (Å²) in [7, 11) is 0. The van der Waals surface area contributed by atoms with Gasteiger partial charge in [0.15, 0.2) is 5.78 Å². The van der Waals surface area contributed by atoms with Gasteiger partial charge in [0.05, 0.1) is 0 Å². The number of halogens is 3. The highest BCUT2D eigenvalue weighted by atomic mass is 19.4. The number of hydrogen-bond acceptors (Lipinski definition) is 3. The molecule has 2 aromatic rings. The van der Waals surface area contributed by atoms with E-state index < -0.39 is 6.36 Å². The van der Waals surface area contributed by atoms with Crippen molar-refractivity contribution in [3.8, 4) is 5.75 Å². The second kappa shape index (κ2) is 5.32. The molecular weight excluding hydrogens is 271 g/mol. The zero-order valence-electron chi connectivity index (χ0n) is 10.4. The van der Waals surface area contributed by atoms with Crippen molar-refractivity contribution >= 4 is 5.78 Å². The van der Waals surface area contributed by atoms with Crippen LogP contribution in [-0.4, -0.2) is 17.1 Å². The first kappa shape index (κ1) is 14.0. The molecular formula is C14H10F3NO2. The molecule has 0 atom stereocenters. The molecule has 0 fully saturated rings. The number of rotatable bonds is 3. The first-order valence-corrected chi connectivity index (χ1v) is 5.68. The molecule has 1 aromatic carbocycles. The van der Waals surface area contributed by atoms with Gasteiger partial charge in [-0.1, -0.05) is 0 Å². The van der Waals surface area contributed by atoms with Crippen LogP contribution in [0.5, 0.6) is 5.75 Å². The lowest BCUT2D eigenvalue weighted by molar-refractivity contribution is -0.274. The van der Waals surface area contributed by atoms with E-state index in [9.17, 15) is 18.0 Å². The Labute approximate surface area is 113 Å². The maximum atomic E-state index is 12.2. The molecule has 6 heteroatoms. The molecule has 0 bridgehead atoms. The van der Waals surface area contributed by atoms with Gasteiger partial charge >= 0.3 is 6.36 Å². The number of carbonyl (C=O) groups excluding carboxylic acids is 1. The molecule has 104 valence electrons. The van der Waals surface area contributed by atoms with Crippen molar-refractivity contribution in [3.63, 3.8) is 0 Å². The van der Waals surface area contributed by atoms with Crippen molar-refractivity contribution in [2.24, 2.45) is 0 Å². The molecule has 1 aromatic heterocycles. The third kappa shape index (κ3) is 3.34. The Morgan fingerprint density at radius 3 is 2.35 bits per heavy atom. The van der Waals surface area contributed by atoms with Crippen LogP contribution in [0.2, 0.25) is 0 Å². The molecule has 0 aliphatic heterocycles. The van der Waals surface area contributed by atoms with Crippen molar-refractivity contribution in [2.75, 3.05) is 0 Å². The van der Waals surface area contributed by atoms with Crippen LogP contribution in [0, 0.1) is 6.92 Å². The number of benzene rings is 1. The highest BCUT2D eigenvalue weighted by Gasteiger charge is 2.31. The van der Waals surface area contributed by atoms with E-state index in [-0.39, 0.29) is 11.5 Å². The molecule has 0 amide bonds. The van der Waals surface area contributed by atoms with E-state index in [0.29, 0.717) is 16.7 Å². The average Bonchev–Trinajstić information content (AvgIpc) is 2.37. The molecule has 0 aliphatic rings. The average molecular weight is 281 g/mol. The van der Waals surface area contributed by atoms with E-state index in [1.54, 1.807) is 19.1 Å². The van der Waals surface area contributed by atoms with E-state index in [0.717, 1.165) is 6.07 Å². The largest absolute Gasteiger partial charge is 0.573 e. The maximum Gasteiger partial charge on any atom is 0.573 e. The fraction of sp³-hybridized carbons (Fsp3) is 0.143. The first-order chi connectivity index (χ1) is 9.37. The van der Waals surface area contributed by atoms with Gasteiger partial charge in [-0.15, -0.1) is 13.2 Å². The Morgan fingerprint density at radius 2 is 1.80 bits per heavy atom. The van der Waals surface area contributed by atoms with E-state index in [1.165, 1.54) is 24.5 Å². The molecule has 20 heavy (non-hydrogen) atoms. The number of hydrogen-bond donors (Lipinski definition) is 0. The lowest BCUT2D eigenvalue weighted by Crippen LogP contribution is -2.17. The molecule has 0 saturated heterocycles. The summed E-state index contributed by atoms with van der Waals surface area (Å²) in [6.07, 6.45) is -1.80. The Hall–Kier alpha value is -2.37. The predicted molar refractivity (Wildman–Crippen MR) is 65.5 cm³/mol. The molecule has 0 unspecified atom stereocenters. The van der Waals surface area contributed by atoms with E-state index in [2.05, 4.69) is 9.72 Å². The minimum atomic E-state index is -4.75. The SMILES string of the molecule is Cc1cc(OC(F)(F)F)ccc1C(=O)c1ccncc1. The molecule has 0 radical (unpaired) electrons. The summed E-state index contributed by atoms with van der Waals surface area (Å²) >= 11 is 0. The zero-order chi connectivity index (χ0) is 14.8. The van der Waals surface area contributed by atoms with Crippen molar-refractivity contribution in [1.82, 2.24) is 4.98 Å². The smallest absolute Gasteiger partial charge is 0.406 e. The van der Waals surface area contributed by atoms with Crippen LogP contribution >= 0.6 is 0 Å². The third-order valence-corrected chi connectivity index (χ3v) is 2.62. The van der Waals surface area contributed by atoms with Crippen LogP contribution in [-0.2, 0) is 0 Å². The van der Waals surface area contributed by atoms with Gasteiger partial charge in [-0.2, -0.15) is 0 Å². The number of aromatic nitrogens is 1. The topological polar surface area (TPSA) is 39.2 Å². The fourth-order valence-electron chi connectivity index (χ4n) is 1.75. The van der Waals surface area contributed by atoms with Crippen LogP contribution < -0.4 is 4.74 Å². The van der Waals surface area contributed by atoms with Crippen molar-refractivity contribution < 1.29 is 22.7 Å². The number of carbonyl (C=O) groups is 1. The Balaban J connectivity index is 2.29. The summed E-state index contributed by atoms with van der Waals surface area (Å²) in [5.41, 5.74) is 1.16. The number of ketones is 1. The Bertz CT molecular complexity index is 624. The monoisotopic (exact) mass is 281 g/mol. The quantitative estimate of drug-likeness (QED) is 0.808. The van der Waals surface area contributed by atoms with Gasteiger partial charge in [0, 0.05) is 23.5 Å². The standard InChI is InChI=1S/C14H10F3NO2/c1-9-8-11(20-14(15,16)17)2-3-12(9)13(19)10-4-6-18-7-5-10/h2-8H,1H3. The van der Waals surface area contributed by atoms with Gasteiger partial charge in [0.25, 0.3) is 0 Å². The molecule has 0 aliphatic carbocycles. The van der Waals surface area contributed by atoms with Gasteiger partial charge < -0.3 is 4.74 Å². The van der Waals surface area contributed by atoms with Crippen LogP contribution in [0.25, 0.3) is 0 Å². The summed E-state index contributed by atoms with van der Waals surface area (Å²) in [5.74, 6) is -0.621. The molecule has 0 N–H and O–H groups in total. The predicted octanol–water partition coefficient (Wildman–Crippen LogP) is 3.52. The minimum Gasteiger partial charge on any atom is -0.406 e. The normalized spacial score (nSPS) is 11.2. The maximum absolute atomic E-state index is 12.2. The summed E-state index contributed by atoms with van der Waals surface area (Å²) in [5, 5.41) is 0. The lowest BCUT2D eigenvalue weighted by Gasteiger charge is -2.11. The van der Waals surface area contributed by atoms with Crippen LogP contribution in [0.4, 0.5) is 13.2 Å². The molecule has 0 spiro atoms. The van der Waals surface area contributed by atoms with E-state index >= 15 is 0 Å². The molecule has 2 rings (SSSR count). The fourth-order valence-corrected chi connectivity index (χ4v) is 1.75. The molecule has 3 nitrogen and oxygen atoms in total. The third-order valence-electron chi connectivity index (χ3n) is 2.62. The minimum absolute atomic E-state index is 0.275. The number of ether oxygens (including phenoxy) is 1. The van der Waals surface area contributed by atoms with Crippen molar-refractivity contribution in [3.05, 3.63) is 59.4 Å². The molecule has 1 heterocycles. The number of aryl methyl sites for hydroxylation is 1.